The van der Waals surface area contributed by atoms with E-state index in [1.165, 1.54) is 19.8 Å². The number of para-hydroxylation sites is 1. The van der Waals surface area contributed by atoms with Crippen LogP contribution in [0.4, 0.5) is 5.69 Å². The summed E-state index contributed by atoms with van der Waals surface area (Å²) in [6, 6.07) is 11.3. The second kappa shape index (κ2) is 5.44. The van der Waals surface area contributed by atoms with E-state index in [9.17, 15) is 4.79 Å². The highest BCUT2D eigenvalue weighted by atomic mass is 16.5. The van der Waals surface area contributed by atoms with E-state index in [0.717, 1.165) is 12.1 Å². The minimum absolute atomic E-state index is 0.105. The van der Waals surface area contributed by atoms with Crippen molar-refractivity contribution >= 4 is 11.6 Å². The molecule has 0 radical (unpaired) electrons. The Morgan fingerprint density at radius 2 is 1.95 bits per heavy atom. The zero-order valence-corrected chi connectivity index (χ0v) is 12.0. The van der Waals surface area contributed by atoms with Gasteiger partial charge in [0.25, 0.3) is 5.91 Å². The molecule has 2 heterocycles. The standard InChI is InChI=1S/C16H16N2O3/c1-20-14-8-7-12(15(17-14)21-2)16(19)18-10-9-11-5-3-4-6-13(11)18/h3-8H,9-10H2,1-2H3. The Labute approximate surface area is 123 Å². The maximum Gasteiger partial charge on any atom is 0.263 e. The van der Waals surface area contributed by atoms with Crippen LogP contribution in [0.1, 0.15) is 15.9 Å². The van der Waals surface area contributed by atoms with E-state index in [1.54, 1.807) is 17.0 Å². The van der Waals surface area contributed by atoms with Crippen LogP contribution in [0.3, 0.4) is 0 Å². The van der Waals surface area contributed by atoms with Gasteiger partial charge in [-0.2, -0.15) is 4.98 Å². The lowest BCUT2D eigenvalue weighted by Gasteiger charge is -2.18. The summed E-state index contributed by atoms with van der Waals surface area (Å²) < 4.78 is 10.3. The molecule has 0 saturated carbocycles. The minimum atomic E-state index is -0.105. The maximum absolute atomic E-state index is 12.8. The number of nitrogens with zero attached hydrogens (tertiary/aromatic N) is 2. The van der Waals surface area contributed by atoms with Gasteiger partial charge in [0.15, 0.2) is 0 Å². The van der Waals surface area contributed by atoms with Gasteiger partial charge in [-0.15, -0.1) is 0 Å². The van der Waals surface area contributed by atoms with Gasteiger partial charge < -0.3 is 14.4 Å². The van der Waals surface area contributed by atoms with Crippen LogP contribution in [0.25, 0.3) is 0 Å². The number of anilines is 1. The third kappa shape index (κ3) is 2.31. The smallest absolute Gasteiger partial charge is 0.263 e. The number of benzene rings is 1. The summed E-state index contributed by atoms with van der Waals surface area (Å²) in [4.78, 5) is 18.7. The molecule has 5 nitrogen and oxygen atoms in total. The summed E-state index contributed by atoms with van der Waals surface area (Å²) in [5.41, 5.74) is 2.58. The van der Waals surface area contributed by atoms with Crippen LogP contribution in [0.5, 0.6) is 11.8 Å². The Balaban J connectivity index is 1.97. The van der Waals surface area contributed by atoms with Gasteiger partial charge in [0.05, 0.1) is 14.2 Å². The van der Waals surface area contributed by atoms with E-state index in [2.05, 4.69) is 4.98 Å². The molecular formula is C16H16N2O3. The predicted octanol–water partition coefficient (Wildman–Crippen LogP) is 2.30. The molecule has 0 spiro atoms. The molecule has 3 rings (SSSR count). The van der Waals surface area contributed by atoms with Gasteiger partial charge >= 0.3 is 0 Å². The number of hydrogen-bond acceptors (Lipinski definition) is 4. The first-order valence-corrected chi connectivity index (χ1v) is 6.73. The van der Waals surface area contributed by atoms with Crippen molar-refractivity contribution < 1.29 is 14.3 Å². The first-order valence-electron chi connectivity index (χ1n) is 6.73. The van der Waals surface area contributed by atoms with Crippen molar-refractivity contribution in [1.29, 1.82) is 0 Å². The molecule has 0 saturated heterocycles. The van der Waals surface area contributed by atoms with Crippen LogP contribution in [0, 0.1) is 0 Å². The number of carbonyl (C=O) groups excluding carboxylic acids is 1. The molecule has 108 valence electrons. The molecule has 0 bridgehead atoms. The van der Waals surface area contributed by atoms with Crippen molar-refractivity contribution in [2.75, 3.05) is 25.7 Å². The summed E-state index contributed by atoms with van der Waals surface area (Å²) in [5.74, 6) is 0.598. The number of pyridine rings is 1. The highest BCUT2D eigenvalue weighted by Crippen LogP contribution is 2.30. The van der Waals surface area contributed by atoms with Crippen LogP contribution in [0.15, 0.2) is 36.4 Å². The lowest BCUT2D eigenvalue weighted by molar-refractivity contribution is 0.0985. The Bertz CT molecular complexity index is 685. The second-order valence-corrected chi connectivity index (χ2v) is 4.75. The van der Waals surface area contributed by atoms with Gasteiger partial charge in [-0.25, -0.2) is 0 Å². The molecule has 0 fully saturated rings. The first-order chi connectivity index (χ1) is 10.2. The Morgan fingerprint density at radius 3 is 2.71 bits per heavy atom. The third-order valence-electron chi connectivity index (χ3n) is 3.60. The van der Waals surface area contributed by atoms with Crippen molar-refractivity contribution in [1.82, 2.24) is 4.98 Å². The van der Waals surface area contributed by atoms with Crippen molar-refractivity contribution in [2.24, 2.45) is 0 Å². The van der Waals surface area contributed by atoms with Crippen LogP contribution in [-0.2, 0) is 6.42 Å². The summed E-state index contributed by atoms with van der Waals surface area (Å²) in [6.45, 7) is 0.674. The molecule has 2 aromatic rings. The summed E-state index contributed by atoms with van der Waals surface area (Å²) in [5, 5.41) is 0. The van der Waals surface area contributed by atoms with E-state index in [0.29, 0.717) is 18.0 Å². The average molecular weight is 284 g/mol. The Kier molecular flexibility index (Phi) is 3.48. The van der Waals surface area contributed by atoms with E-state index in [-0.39, 0.29) is 11.8 Å². The number of methoxy groups -OCH3 is 2. The average Bonchev–Trinajstić information content (AvgIpc) is 2.97. The van der Waals surface area contributed by atoms with E-state index < -0.39 is 0 Å². The van der Waals surface area contributed by atoms with Gasteiger partial charge in [-0.05, 0) is 24.1 Å². The van der Waals surface area contributed by atoms with Crippen molar-refractivity contribution in [3.8, 4) is 11.8 Å². The molecule has 21 heavy (non-hydrogen) atoms. The van der Waals surface area contributed by atoms with Gasteiger partial charge in [0, 0.05) is 18.3 Å². The predicted molar refractivity (Wildman–Crippen MR) is 79.2 cm³/mol. The maximum atomic E-state index is 12.8. The molecule has 0 unspecified atom stereocenters. The summed E-state index contributed by atoms with van der Waals surface area (Å²) in [7, 11) is 3.02. The summed E-state index contributed by atoms with van der Waals surface area (Å²) >= 11 is 0. The van der Waals surface area contributed by atoms with Crippen LogP contribution in [-0.4, -0.2) is 31.7 Å². The minimum Gasteiger partial charge on any atom is -0.481 e. The molecule has 0 N–H and O–H groups in total. The fourth-order valence-electron chi connectivity index (χ4n) is 2.55. The zero-order valence-electron chi connectivity index (χ0n) is 12.0. The molecular weight excluding hydrogens is 268 g/mol. The lowest BCUT2D eigenvalue weighted by atomic mass is 10.2. The van der Waals surface area contributed by atoms with E-state index in [4.69, 9.17) is 9.47 Å². The largest absolute Gasteiger partial charge is 0.481 e. The third-order valence-corrected chi connectivity index (χ3v) is 3.60. The zero-order chi connectivity index (χ0) is 14.8. The topological polar surface area (TPSA) is 51.7 Å². The van der Waals surface area contributed by atoms with Crippen LogP contribution in [0.2, 0.25) is 0 Å². The first kappa shape index (κ1) is 13.4. The number of ether oxygens (including phenoxy) is 2. The highest BCUT2D eigenvalue weighted by molar-refractivity contribution is 6.08. The number of aromatic nitrogens is 1. The molecule has 1 aromatic carbocycles. The molecule has 1 aliphatic rings. The van der Waals surface area contributed by atoms with Crippen molar-refractivity contribution in [2.45, 2.75) is 6.42 Å². The SMILES string of the molecule is COc1ccc(C(=O)N2CCc3ccccc32)c(OC)n1. The fraction of sp³-hybridized carbons (Fsp3) is 0.250. The molecule has 5 heteroatoms. The van der Waals surface area contributed by atoms with E-state index >= 15 is 0 Å². The number of fused-ring (bicyclic) bond motifs is 1. The van der Waals surface area contributed by atoms with Gasteiger partial charge in [0.1, 0.15) is 5.56 Å². The summed E-state index contributed by atoms with van der Waals surface area (Å²) in [6.07, 6.45) is 0.869. The lowest BCUT2D eigenvalue weighted by Crippen LogP contribution is -2.29. The number of rotatable bonds is 3. The normalized spacial score (nSPS) is 13.0. The number of hydrogen-bond donors (Lipinski definition) is 0. The van der Waals surface area contributed by atoms with Crippen molar-refractivity contribution in [3.63, 3.8) is 0 Å². The number of amides is 1. The monoisotopic (exact) mass is 284 g/mol. The Morgan fingerprint density at radius 1 is 1.14 bits per heavy atom. The Hall–Kier alpha value is -2.56. The molecule has 0 atom stereocenters. The highest BCUT2D eigenvalue weighted by Gasteiger charge is 2.27. The second-order valence-electron chi connectivity index (χ2n) is 4.75. The molecule has 1 aromatic heterocycles. The number of carbonyl (C=O) groups is 1. The van der Waals surface area contributed by atoms with Gasteiger partial charge in [-0.1, -0.05) is 18.2 Å². The van der Waals surface area contributed by atoms with Crippen LogP contribution < -0.4 is 14.4 Å². The van der Waals surface area contributed by atoms with Crippen molar-refractivity contribution in [3.05, 3.63) is 47.5 Å². The molecule has 1 amide bonds. The quantitative estimate of drug-likeness (QED) is 0.868. The van der Waals surface area contributed by atoms with E-state index in [1.807, 2.05) is 24.3 Å². The van der Waals surface area contributed by atoms with Gasteiger partial charge in [0.2, 0.25) is 11.8 Å². The molecule has 0 aliphatic carbocycles. The van der Waals surface area contributed by atoms with Gasteiger partial charge in [-0.3, -0.25) is 4.79 Å². The van der Waals surface area contributed by atoms with Crippen LogP contribution >= 0.6 is 0 Å². The molecule has 1 aliphatic heterocycles. The fourth-order valence-corrected chi connectivity index (χ4v) is 2.55.